The van der Waals surface area contributed by atoms with Gasteiger partial charge in [-0.05, 0) is 12.1 Å². The van der Waals surface area contributed by atoms with Crippen LogP contribution >= 0.6 is 0 Å². The van der Waals surface area contributed by atoms with Gasteiger partial charge >= 0.3 is 0 Å². The zero-order valence-corrected chi connectivity index (χ0v) is 9.86. The summed E-state index contributed by atoms with van der Waals surface area (Å²) in [5.74, 6) is 1.14. The summed E-state index contributed by atoms with van der Waals surface area (Å²) in [7, 11) is -0.0902. The zero-order chi connectivity index (χ0) is 11.2. The van der Waals surface area contributed by atoms with Crippen molar-refractivity contribution in [2.75, 3.05) is 5.94 Å². The van der Waals surface area contributed by atoms with Gasteiger partial charge in [-0.15, -0.1) is 0 Å². The normalized spacial score (nSPS) is 12.3. The van der Waals surface area contributed by atoms with Crippen molar-refractivity contribution in [2.24, 2.45) is 0 Å². The van der Waals surface area contributed by atoms with E-state index in [0.29, 0.717) is 0 Å². The van der Waals surface area contributed by atoms with Crippen molar-refractivity contribution in [2.45, 2.75) is 10.6 Å². The lowest BCUT2D eigenvalue weighted by Gasteiger charge is -2.05. The molecule has 1 unspecified atom stereocenters. The van der Waals surface area contributed by atoms with Crippen molar-refractivity contribution in [3.63, 3.8) is 0 Å². The molecule has 0 aliphatic heterocycles. The number of hydrogen-bond donors (Lipinski definition) is 1. The Labute approximate surface area is 99.1 Å². The van der Waals surface area contributed by atoms with Crippen molar-refractivity contribution in [1.29, 1.82) is 0 Å². The zero-order valence-electron chi connectivity index (χ0n) is 9.04. The summed E-state index contributed by atoms with van der Waals surface area (Å²) in [5.41, 5.74) is 1.28. The van der Waals surface area contributed by atoms with Crippen LogP contribution < -0.4 is 0 Å². The fourth-order valence-corrected chi connectivity index (χ4v) is 3.14. The molecule has 2 aromatic carbocycles. The largest absolute Gasteiger partial charge is 0.351 e. The van der Waals surface area contributed by atoms with Crippen LogP contribution in [0.5, 0.6) is 0 Å². The van der Waals surface area contributed by atoms with Gasteiger partial charge in [-0.1, -0.05) is 48.5 Å². The van der Waals surface area contributed by atoms with Crippen LogP contribution in [0.25, 0.3) is 0 Å². The summed E-state index contributed by atoms with van der Waals surface area (Å²) in [4.78, 5) is 1.23. The van der Waals surface area contributed by atoms with E-state index < -0.39 is 0 Å². The standard InChI is InChI=1S/C14H15OS/c15-12-16(14-9-5-2-6-10-14)11-13-7-3-1-4-8-13/h1-10,15H,11-12H2/q+1. The molecule has 0 fully saturated rings. The van der Waals surface area contributed by atoms with Crippen molar-refractivity contribution < 1.29 is 5.11 Å². The molecule has 1 nitrogen and oxygen atoms in total. The fourth-order valence-electron chi connectivity index (χ4n) is 1.59. The SMILES string of the molecule is OC[S+](Cc1ccccc1)c1ccccc1. The summed E-state index contributed by atoms with van der Waals surface area (Å²) in [5, 5.41) is 9.45. The minimum absolute atomic E-state index is 0.0902. The van der Waals surface area contributed by atoms with E-state index >= 15 is 0 Å². The molecule has 2 heteroatoms. The average molecular weight is 231 g/mol. The molecule has 0 spiro atoms. The van der Waals surface area contributed by atoms with Gasteiger partial charge < -0.3 is 5.11 Å². The van der Waals surface area contributed by atoms with E-state index in [4.69, 9.17) is 0 Å². The van der Waals surface area contributed by atoms with Crippen LogP contribution in [0.1, 0.15) is 5.56 Å². The first-order valence-corrected chi connectivity index (χ1v) is 6.84. The summed E-state index contributed by atoms with van der Waals surface area (Å²) < 4.78 is 0. The molecule has 16 heavy (non-hydrogen) atoms. The second kappa shape index (κ2) is 5.73. The van der Waals surface area contributed by atoms with Crippen LogP contribution in [0, 0.1) is 0 Å². The van der Waals surface area contributed by atoms with Crippen molar-refractivity contribution in [1.82, 2.24) is 0 Å². The molecule has 82 valence electrons. The first-order valence-electron chi connectivity index (χ1n) is 5.27. The molecule has 0 aliphatic carbocycles. The highest BCUT2D eigenvalue weighted by atomic mass is 32.2. The van der Waals surface area contributed by atoms with Crippen LogP contribution in [0.3, 0.4) is 0 Å². The predicted molar refractivity (Wildman–Crippen MR) is 69.3 cm³/mol. The highest BCUT2D eigenvalue weighted by molar-refractivity contribution is 7.96. The summed E-state index contributed by atoms with van der Waals surface area (Å²) >= 11 is 0. The molecule has 0 saturated carbocycles. The lowest BCUT2D eigenvalue weighted by atomic mass is 10.2. The maximum atomic E-state index is 9.45. The van der Waals surface area contributed by atoms with Gasteiger partial charge in [-0.3, -0.25) is 0 Å². The Bertz CT molecular complexity index is 413. The molecule has 2 rings (SSSR count). The van der Waals surface area contributed by atoms with E-state index in [1.165, 1.54) is 10.5 Å². The van der Waals surface area contributed by atoms with Gasteiger partial charge in [0.1, 0.15) is 5.75 Å². The molecular formula is C14H15OS+. The van der Waals surface area contributed by atoms with Gasteiger partial charge in [0, 0.05) is 5.56 Å². The van der Waals surface area contributed by atoms with Gasteiger partial charge in [0.2, 0.25) is 5.94 Å². The topological polar surface area (TPSA) is 20.2 Å². The third-order valence-electron chi connectivity index (χ3n) is 2.42. The first-order chi connectivity index (χ1) is 7.90. The number of rotatable bonds is 4. The highest BCUT2D eigenvalue weighted by Gasteiger charge is 2.20. The molecule has 0 bridgehead atoms. The third-order valence-corrected chi connectivity index (χ3v) is 4.35. The number of aliphatic hydroxyl groups is 1. The van der Waals surface area contributed by atoms with Gasteiger partial charge in [-0.2, -0.15) is 0 Å². The third kappa shape index (κ3) is 2.87. The molecule has 0 saturated heterocycles. The molecule has 0 aromatic heterocycles. The van der Waals surface area contributed by atoms with Crippen molar-refractivity contribution in [3.8, 4) is 0 Å². The second-order valence-electron chi connectivity index (χ2n) is 3.56. The first kappa shape index (κ1) is 11.2. The molecule has 0 aliphatic rings. The smallest absolute Gasteiger partial charge is 0.211 e. The van der Waals surface area contributed by atoms with Crippen LogP contribution in [0.4, 0.5) is 0 Å². The Balaban J connectivity index is 2.13. The second-order valence-corrected chi connectivity index (χ2v) is 5.57. The molecule has 1 N–H and O–H groups in total. The lowest BCUT2D eigenvalue weighted by molar-refractivity contribution is 0.372. The summed E-state index contributed by atoms with van der Waals surface area (Å²) in [6, 6.07) is 20.5. The molecule has 0 heterocycles. The Morgan fingerprint density at radius 2 is 1.38 bits per heavy atom. The van der Waals surface area contributed by atoms with Crippen LogP contribution in [0.2, 0.25) is 0 Å². The van der Waals surface area contributed by atoms with E-state index in [-0.39, 0.29) is 16.8 Å². The van der Waals surface area contributed by atoms with E-state index in [1.54, 1.807) is 0 Å². The Morgan fingerprint density at radius 1 is 0.812 bits per heavy atom. The van der Waals surface area contributed by atoms with Gasteiger partial charge in [0.15, 0.2) is 4.90 Å². The monoisotopic (exact) mass is 231 g/mol. The predicted octanol–water partition coefficient (Wildman–Crippen LogP) is 2.81. The van der Waals surface area contributed by atoms with E-state index in [9.17, 15) is 5.11 Å². The molecule has 0 radical (unpaired) electrons. The minimum Gasteiger partial charge on any atom is -0.351 e. The van der Waals surface area contributed by atoms with Crippen molar-refractivity contribution in [3.05, 3.63) is 66.2 Å². The maximum absolute atomic E-state index is 9.45. The van der Waals surface area contributed by atoms with Gasteiger partial charge in [-0.25, -0.2) is 0 Å². The summed E-state index contributed by atoms with van der Waals surface area (Å²) in [6.45, 7) is 0. The fraction of sp³-hybridized carbons (Fsp3) is 0.143. The van der Waals surface area contributed by atoms with Crippen LogP contribution in [-0.4, -0.2) is 11.0 Å². The molecular weight excluding hydrogens is 216 g/mol. The molecule has 0 amide bonds. The lowest BCUT2D eigenvalue weighted by Crippen LogP contribution is -2.10. The van der Waals surface area contributed by atoms with E-state index in [2.05, 4.69) is 24.3 Å². The number of hydrogen-bond acceptors (Lipinski definition) is 1. The molecule has 1 atom stereocenters. The van der Waals surface area contributed by atoms with Gasteiger partial charge in [0.05, 0.1) is 10.9 Å². The van der Waals surface area contributed by atoms with Crippen molar-refractivity contribution >= 4 is 10.9 Å². The quantitative estimate of drug-likeness (QED) is 0.802. The van der Waals surface area contributed by atoms with Gasteiger partial charge in [0.25, 0.3) is 0 Å². The minimum atomic E-state index is -0.0902. The molecule has 2 aromatic rings. The Hall–Kier alpha value is -1.25. The van der Waals surface area contributed by atoms with E-state index in [0.717, 1.165) is 5.75 Å². The average Bonchev–Trinajstić information content (AvgIpc) is 2.38. The summed E-state index contributed by atoms with van der Waals surface area (Å²) in [6.07, 6.45) is 0. The van der Waals surface area contributed by atoms with Crippen LogP contribution in [-0.2, 0) is 16.6 Å². The van der Waals surface area contributed by atoms with E-state index in [1.807, 2.05) is 36.4 Å². The highest BCUT2D eigenvalue weighted by Crippen LogP contribution is 2.17. The Kier molecular flexibility index (Phi) is 4.03. The Morgan fingerprint density at radius 3 is 1.94 bits per heavy atom. The number of benzene rings is 2. The number of aliphatic hydroxyl groups excluding tert-OH is 1. The van der Waals surface area contributed by atoms with Crippen LogP contribution in [0.15, 0.2) is 65.6 Å². The maximum Gasteiger partial charge on any atom is 0.211 e.